The fraction of sp³-hybridized carbons (Fsp3) is 0.294. The average Bonchev–Trinajstić information content (AvgIpc) is 2.66. The minimum atomic E-state index is -0.831. The molecule has 3 amide bonds. The van der Waals surface area contributed by atoms with Gasteiger partial charge in [0, 0.05) is 30.4 Å². The number of nitrogens with one attached hydrogen (secondary N) is 3. The van der Waals surface area contributed by atoms with Crippen molar-refractivity contribution in [2.75, 3.05) is 0 Å². The molecule has 0 radical (unpaired) electrons. The quantitative estimate of drug-likeness (QED) is 0.646. The van der Waals surface area contributed by atoms with E-state index in [1.54, 1.807) is 0 Å². The van der Waals surface area contributed by atoms with Crippen LogP contribution in [0.3, 0.4) is 0 Å². The number of hydrogen-bond acceptors (Lipinski definition) is 6. The lowest BCUT2D eigenvalue weighted by molar-refractivity contribution is -0.124. The molecule has 2 rings (SSSR count). The summed E-state index contributed by atoms with van der Waals surface area (Å²) >= 11 is 0. The van der Waals surface area contributed by atoms with Gasteiger partial charge in [0.05, 0.1) is 6.20 Å². The monoisotopic (exact) mass is 356 g/mol. The molecule has 26 heavy (non-hydrogen) atoms. The summed E-state index contributed by atoms with van der Waals surface area (Å²) in [7, 11) is 0. The molecule has 2 heterocycles. The maximum atomic E-state index is 12.4. The molecule has 2 aromatic heterocycles. The van der Waals surface area contributed by atoms with E-state index in [2.05, 4.69) is 31.1 Å². The molecule has 0 fully saturated rings. The standard InChI is InChI=1S/C17H20N6O3/c1-11(2)9-13(21-16(25)14-10-19-7-8-20-14)17(26)23-22-15(24)12-3-5-18-6-4-12/h3-8,10-11,13H,9H2,1-2H3,(H,21,25)(H,22,24)(H,23,26). The van der Waals surface area contributed by atoms with Crippen LogP contribution >= 0.6 is 0 Å². The summed E-state index contributed by atoms with van der Waals surface area (Å²) < 4.78 is 0. The summed E-state index contributed by atoms with van der Waals surface area (Å²) in [4.78, 5) is 48.1. The first-order valence-electron chi connectivity index (χ1n) is 8.04. The molecule has 0 bridgehead atoms. The summed E-state index contributed by atoms with van der Waals surface area (Å²) in [6.45, 7) is 3.84. The Kier molecular flexibility index (Phi) is 6.72. The van der Waals surface area contributed by atoms with Crippen molar-refractivity contribution in [1.82, 2.24) is 31.1 Å². The van der Waals surface area contributed by atoms with E-state index in [-0.39, 0.29) is 11.6 Å². The highest BCUT2D eigenvalue weighted by molar-refractivity contribution is 5.98. The first-order chi connectivity index (χ1) is 12.5. The maximum absolute atomic E-state index is 12.4. The number of pyridine rings is 1. The first-order valence-corrected chi connectivity index (χ1v) is 8.04. The van der Waals surface area contributed by atoms with Crippen LogP contribution in [-0.2, 0) is 4.79 Å². The molecule has 1 unspecified atom stereocenters. The molecule has 0 aliphatic heterocycles. The summed E-state index contributed by atoms with van der Waals surface area (Å²) in [6, 6.07) is 2.20. The Labute approximate surface area is 150 Å². The molecule has 0 aliphatic rings. The number of carbonyl (C=O) groups is 3. The highest BCUT2D eigenvalue weighted by atomic mass is 16.2. The van der Waals surface area contributed by atoms with Gasteiger partial charge in [-0.15, -0.1) is 0 Å². The van der Waals surface area contributed by atoms with Crippen LogP contribution in [0.25, 0.3) is 0 Å². The minimum absolute atomic E-state index is 0.106. The second-order valence-corrected chi connectivity index (χ2v) is 5.93. The number of carbonyl (C=O) groups excluding carboxylic acids is 3. The average molecular weight is 356 g/mol. The van der Waals surface area contributed by atoms with Crippen molar-refractivity contribution in [2.24, 2.45) is 5.92 Å². The topological polar surface area (TPSA) is 126 Å². The van der Waals surface area contributed by atoms with Crippen molar-refractivity contribution in [2.45, 2.75) is 26.3 Å². The van der Waals surface area contributed by atoms with Gasteiger partial charge in [0.1, 0.15) is 11.7 Å². The first kappa shape index (κ1) is 19.0. The third-order valence-corrected chi connectivity index (χ3v) is 3.37. The van der Waals surface area contributed by atoms with Gasteiger partial charge in [-0.25, -0.2) is 4.98 Å². The Balaban J connectivity index is 1.98. The summed E-state index contributed by atoms with van der Waals surface area (Å²) in [5.41, 5.74) is 5.11. The second kappa shape index (κ2) is 9.21. The van der Waals surface area contributed by atoms with Crippen molar-refractivity contribution in [3.05, 3.63) is 54.4 Å². The van der Waals surface area contributed by atoms with Crippen molar-refractivity contribution in [3.63, 3.8) is 0 Å². The van der Waals surface area contributed by atoms with Crippen LogP contribution in [0.2, 0.25) is 0 Å². The van der Waals surface area contributed by atoms with Gasteiger partial charge in [-0.1, -0.05) is 13.8 Å². The second-order valence-electron chi connectivity index (χ2n) is 5.93. The van der Waals surface area contributed by atoms with E-state index in [1.807, 2.05) is 13.8 Å². The Morgan fingerprint density at radius 2 is 1.69 bits per heavy atom. The largest absolute Gasteiger partial charge is 0.339 e. The van der Waals surface area contributed by atoms with Crippen LogP contribution in [0.4, 0.5) is 0 Å². The predicted molar refractivity (Wildman–Crippen MR) is 92.6 cm³/mol. The zero-order valence-electron chi connectivity index (χ0n) is 14.5. The van der Waals surface area contributed by atoms with Gasteiger partial charge in [-0.3, -0.25) is 35.2 Å². The van der Waals surface area contributed by atoms with Gasteiger partial charge < -0.3 is 5.32 Å². The van der Waals surface area contributed by atoms with E-state index >= 15 is 0 Å². The highest BCUT2D eigenvalue weighted by Gasteiger charge is 2.23. The van der Waals surface area contributed by atoms with Crippen LogP contribution < -0.4 is 16.2 Å². The lowest BCUT2D eigenvalue weighted by Gasteiger charge is -2.20. The molecular formula is C17H20N6O3. The zero-order valence-corrected chi connectivity index (χ0v) is 14.5. The Morgan fingerprint density at radius 3 is 2.31 bits per heavy atom. The molecule has 9 nitrogen and oxygen atoms in total. The zero-order chi connectivity index (χ0) is 18.9. The van der Waals surface area contributed by atoms with E-state index in [0.29, 0.717) is 12.0 Å². The highest BCUT2D eigenvalue weighted by Crippen LogP contribution is 2.06. The van der Waals surface area contributed by atoms with Crippen molar-refractivity contribution < 1.29 is 14.4 Å². The van der Waals surface area contributed by atoms with Crippen LogP contribution in [0.5, 0.6) is 0 Å². The number of hydrazine groups is 1. The van der Waals surface area contributed by atoms with Gasteiger partial charge in [0.25, 0.3) is 17.7 Å². The number of aromatic nitrogens is 3. The fourth-order valence-corrected chi connectivity index (χ4v) is 2.13. The van der Waals surface area contributed by atoms with Crippen LogP contribution in [0.15, 0.2) is 43.1 Å². The Bertz CT molecular complexity index is 752. The fourth-order valence-electron chi connectivity index (χ4n) is 2.13. The lowest BCUT2D eigenvalue weighted by atomic mass is 10.0. The molecule has 0 aliphatic carbocycles. The maximum Gasteiger partial charge on any atom is 0.272 e. The number of amides is 3. The van der Waals surface area contributed by atoms with E-state index in [4.69, 9.17) is 0 Å². The van der Waals surface area contributed by atoms with E-state index < -0.39 is 23.8 Å². The van der Waals surface area contributed by atoms with Crippen LogP contribution in [0, 0.1) is 5.92 Å². The smallest absolute Gasteiger partial charge is 0.272 e. The molecule has 9 heteroatoms. The summed E-state index contributed by atoms with van der Waals surface area (Å²) in [5, 5.41) is 2.61. The van der Waals surface area contributed by atoms with E-state index in [9.17, 15) is 14.4 Å². The van der Waals surface area contributed by atoms with Gasteiger partial charge in [-0.2, -0.15) is 0 Å². The summed E-state index contributed by atoms with van der Waals surface area (Å²) in [6.07, 6.45) is 7.48. The molecule has 1 atom stereocenters. The molecule has 0 spiro atoms. The van der Waals surface area contributed by atoms with Gasteiger partial charge in [0.15, 0.2) is 0 Å². The molecular weight excluding hydrogens is 336 g/mol. The van der Waals surface area contributed by atoms with E-state index in [0.717, 1.165) is 0 Å². The number of nitrogens with zero attached hydrogens (tertiary/aromatic N) is 3. The lowest BCUT2D eigenvalue weighted by Crippen LogP contribution is -2.52. The SMILES string of the molecule is CC(C)CC(NC(=O)c1cnccn1)C(=O)NNC(=O)c1ccncc1. The normalized spacial score (nSPS) is 11.5. The van der Waals surface area contributed by atoms with Gasteiger partial charge >= 0.3 is 0 Å². The van der Waals surface area contributed by atoms with Crippen LogP contribution in [-0.4, -0.2) is 38.7 Å². The van der Waals surface area contributed by atoms with Crippen molar-refractivity contribution in [1.29, 1.82) is 0 Å². The third kappa shape index (κ3) is 5.62. The molecule has 2 aromatic rings. The number of rotatable bonds is 6. The Hall–Kier alpha value is -3.36. The predicted octanol–water partition coefficient (Wildman–Crippen LogP) is 0.477. The van der Waals surface area contributed by atoms with E-state index in [1.165, 1.54) is 43.1 Å². The molecule has 0 saturated carbocycles. The molecule has 3 N–H and O–H groups in total. The Morgan fingerprint density at radius 1 is 0.962 bits per heavy atom. The van der Waals surface area contributed by atoms with Gasteiger partial charge in [0.2, 0.25) is 0 Å². The number of hydrogen-bond donors (Lipinski definition) is 3. The van der Waals surface area contributed by atoms with Gasteiger partial charge in [-0.05, 0) is 24.5 Å². The molecule has 0 aromatic carbocycles. The van der Waals surface area contributed by atoms with Crippen molar-refractivity contribution in [3.8, 4) is 0 Å². The third-order valence-electron chi connectivity index (χ3n) is 3.37. The molecule has 0 saturated heterocycles. The summed E-state index contributed by atoms with van der Waals surface area (Å²) in [5.74, 6) is -1.38. The van der Waals surface area contributed by atoms with Crippen LogP contribution in [0.1, 0.15) is 41.1 Å². The molecule has 136 valence electrons. The minimum Gasteiger partial charge on any atom is -0.339 e. The van der Waals surface area contributed by atoms with Crippen molar-refractivity contribution >= 4 is 17.7 Å².